The third-order valence-electron chi connectivity index (χ3n) is 5.70. The van der Waals surface area contributed by atoms with Gasteiger partial charge in [-0.2, -0.15) is 9.97 Å². The lowest BCUT2D eigenvalue weighted by Gasteiger charge is -2.21. The summed E-state index contributed by atoms with van der Waals surface area (Å²) in [5, 5.41) is 5.76. The third-order valence-corrected chi connectivity index (χ3v) is 5.70. The molecule has 0 aliphatic heterocycles. The molecule has 0 radical (unpaired) electrons. The lowest BCUT2D eigenvalue weighted by Crippen LogP contribution is -2.45. The van der Waals surface area contributed by atoms with Crippen molar-refractivity contribution in [1.29, 1.82) is 0 Å². The Bertz CT molecular complexity index is 1420. The molecule has 0 bridgehead atoms. The molecule has 13 nitrogen and oxygen atoms in total. The van der Waals surface area contributed by atoms with Crippen LogP contribution in [0.15, 0.2) is 24.4 Å². The van der Waals surface area contributed by atoms with E-state index in [0.29, 0.717) is 24.2 Å². The largest absolute Gasteiger partial charge is 0.461 e. The highest BCUT2D eigenvalue weighted by atomic mass is 19.1. The normalized spacial score (nSPS) is 12.7. The van der Waals surface area contributed by atoms with Crippen molar-refractivity contribution in [2.24, 2.45) is 0 Å². The van der Waals surface area contributed by atoms with E-state index in [2.05, 4.69) is 30.6 Å². The molecule has 0 aliphatic carbocycles. The first kappa shape index (κ1) is 30.9. The molecule has 1 amide bonds. The molecule has 3 rings (SSSR count). The van der Waals surface area contributed by atoms with Gasteiger partial charge in [-0.15, -0.1) is 0 Å². The highest BCUT2D eigenvalue weighted by molar-refractivity contribution is 5.97. The van der Waals surface area contributed by atoms with E-state index in [4.69, 9.17) is 20.9 Å². The number of halogens is 1. The molecule has 3 aromatic rings. The van der Waals surface area contributed by atoms with Crippen molar-refractivity contribution in [3.63, 3.8) is 0 Å². The van der Waals surface area contributed by atoms with Crippen molar-refractivity contribution in [1.82, 2.24) is 25.3 Å². The molecular weight excluding hydrogens is 535 g/mol. The fourth-order valence-electron chi connectivity index (χ4n) is 3.83. The van der Waals surface area contributed by atoms with Crippen molar-refractivity contribution >= 4 is 46.5 Å². The number of anilines is 3. The Kier molecular flexibility index (Phi) is 10.3. The summed E-state index contributed by atoms with van der Waals surface area (Å²) < 4.78 is 24.7. The van der Waals surface area contributed by atoms with Crippen LogP contribution in [0, 0.1) is 0 Å². The van der Waals surface area contributed by atoms with Gasteiger partial charge in [-0.05, 0) is 57.9 Å². The van der Waals surface area contributed by atoms with Gasteiger partial charge in [-0.1, -0.05) is 6.92 Å². The van der Waals surface area contributed by atoms with Crippen LogP contribution in [0.2, 0.25) is 0 Å². The van der Waals surface area contributed by atoms with Gasteiger partial charge in [0.1, 0.15) is 6.04 Å². The lowest BCUT2D eigenvalue weighted by molar-refractivity contribution is -0.155. The van der Waals surface area contributed by atoms with E-state index in [1.807, 2.05) is 6.92 Å². The van der Waals surface area contributed by atoms with Crippen molar-refractivity contribution in [2.45, 2.75) is 78.4 Å². The Morgan fingerprint density at radius 2 is 1.68 bits per heavy atom. The third kappa shape index (κ3) is 8.43. The first-order valence-corrected chi connectivity index (χ1v) is 13.1. The molecule has 0 spiro atoms. The number of nitrogens with two attached hydrogens (primary N) is 2. The van der Waals surface area contributed by atoms with Crippen molar-refractivity contribution in [3.05, 3.63) is 41.2 Å². The standard InChI is InChI=1S/C27H35FN8O5/c1-6-15-9-16(24(37)34-20(26(39)41-14(4)5)10-18(28)25(38)40-13(2)3)7-8-19(15)31-11-17-12-32-23-21(33-17)22(29)35-27(30)36-23/h7-9,12-14,18,20,31H,6,10-11H2,1-5H3,(H,34,37)(H4,29,30,32,35,36)/t18-,20+/m1/s1. The second-order valence-corrected chi connectivity index (χ2v) is 9.78. The minimum atomic E-state index is -2.13. The second-order valence-electron chi connectivity index (χ2n) is 9.78. The molecule has 2 aromatic heterocycles. The summed E-state index contributed by atoms with van der Waals surface area (Å²) in [6.45, 7) is 8.61. The number of alkyl halides is 1. The van der Waals surface area contributed by atoms with Gasteiger partial charge in [0.2, 0.25) is 5.95 Å². The SMILES string of the molecule is CCc1cc(C(=O)N[C@@H](C[C@@H](F)C(=O)OC(C)C)C(=O)OC(C)C)ccc1NCc1cnc2nc(N)nc(N)c2n1. The topological polar surface area (TPSA) is 197 Å². The smallest absolute Gasteiger partial charge is 0.341 e. The molecule has 1 aromatic carbocycles. The van der Waals surface area contributed by atoms with E-state index >= 15 is 0 Å². The van der Waals surface area contributed by atoms with Crippen molar-refractivity contribution in [2.75, 3.05) is 16.8 Å². The van der Waals surface area contributed by atoms with Crippen molar-refractivity contribution < 1.29 is 28.2 Å². The van der Waals surface area contributed by atoms with Gasteiger partial charge in [0, 0.05) is 17.7 Å². The second kappa shape index (κ2) is 13.6. The predicted molar refractivity (Wildman–Crippen MR) is 150 cm³/mol. The van der Waals surface area contributed by atoms with Crippen LogP contribution < -0.4 is 22.1 Å². The molecule has 14 heteroatoms. The van der Waals surface area contributed by atoms with Gasteiger partial charge in [-0.25, -0.2) is 23.9 Å². The maximum absolute atomic E-state index is 14.6. The first-order valence-electron chi connectivity index (χ1n) is 13.1. The average molecular weight is 571 g/mol. The van der Waals surface area contributed by atoms with Crippen LogP contribution in [0.4, 0.5) is 21.8 Å². The number of rotatable bonds is 12. The summed E-state index contributed by atoms with van der Waals surface area (Å²) in [5.41, 5.74) is 14.5. The van der Waals surface area contributed by atoms with E-state index in [0.717, 1.165) is 11.3 Å². The number of ether oxygens (including phenoxy) is 2. The summed E-state index contributed by atoms with van der Waals surface area (Å²) in [5.74, 6) is -2.47. The number of fused-ring (bicyclic) bond motifs is 1. The zero-order valence-electron chi connectivity index (χ0n) is 23.6. The molecule has 0 unspecified atom stereocenters. The fourth-order valence-corrected chi connectivity index (χ4v) is 3.83. The number of nitrogen functional groups attached to an aromatic ring is 2. The molecule has 220 valence electrons. The Morgan fingerprint density at radius 1 is 1.00 bits per heavy atom. The van der Waals surface area contributed by atoms with E-state index in [1.165, 1.54) is 0 Å². The molecule has 0 saturated carbocycles. The number of hydrogen-bond acceptors (Lipinski definition) is 12. The van der Waals surface area contributed by atoms with Crippen LogP contribution in [0.5, 0.6) is 0 Å². The zero-order chi connectivity index (χ0) is 30.3. The minimum Gasteiger partial charge on any atom is -0.461 e. The molecule has 2 atom stereocenters. The number of nitrogens with one attached hydrogen (secondary N) is 2. The van der Waals surface area contributed by atoms with Gasteiger partial charge in [0.15, 0.2) is 23.2 Å². The highest BCUT2D eigenvalue weighted by Crippen LogP contribution is 2.21. The molecule has 0 aliphatic rings. The number of esters is 2. The average Bonchev–Trinajstić information content (AvgIpc) is 2.90. The quantitative estimate of drug-likeness (QED) is 0.232. The summed E-state index contributed by atoms with van der Waals surface area (Å²) in [6.07, 6.45) is -1.68. The molecule has 0 saturated heterocycles. The number of carbonyl (C=O) groups is 3. The zero-order valence-corrected chi connectivity index (χ0v) is 23.6. The Morgan fingerprint density at radius 3 is 2.34 bits per heavy atom. The number of aryl methyl sites for hydroxylation is 1. The van der Waals surface area contributed by atoms with Gasteiger partial charge in [0.05, 0.1) is 30.6 Å². The maximum Gasteiger partial charge on any atom is 0.341 e. The van der Waals surface area contributed by atoms with E-state index < -0.39 is 48.7 Å². The van der Waals surface area contributed by atoms with Crippen LogP contribution in [-0.4, -0.2) is 62.2 Å². The molecular formula is C27H35FN8O5. The number of aromatic nitrogens is 4. The Hall–Kier alpha value is -4.62. The Labute approximate surface area is 236 Å². The number of hydrogen-bond donors (Lipinski definition) is 4. The summed E-state index contributed by atoms with van der Waals surface area (Å²) in [6, 6.07) is 3.52. The number of benzene rings is 1. The van der Waals surface area contributed by atoms with Crippen LogP contribution in [0.25, 0.3) is 11.2 Å². The van der Waals surface area contributed by atoms with E-state index in [-0.39, 0.29) is 23.0 Å². The summed E-state index contributed by atoms with van der Waals surface area (Å²) in [4.78, 5) is 54.3. The number of amides is 1. The van der Waals surface area contributed by atoms with Crippen LogP contribution in [0.1, 0.15) is 62.7 Å². The lowest BCUT2D eigenvalue weighted by atomic mass is 10.0. The number of carbonyl (C=O) groups excluding carboxylic acids is 3. The summed E-state index contributed by atoms with van der Waals surface area (Å²) in [7, 11) is 0. The van der Waals surface area contributed by atoms with Gasteiger partial charge in [0.25, 0.3) is 5.91 Å². The maximum atomic E-state index is 14.6. The highest BCUT2D eigenvalue weighted by Gasteiger charge is 2.32. The fraction of sp³-hybridized carbons (Fsp3) is 0.444. The molecule has 0 fully saturated rings. The van der Waals surface area contributed by atoms with Gasteiger partial charge >= 0.3 is 11.9 Å². The number of nitrogens with zero attached hydrogens (tertiary/aromatic N) is 4. The monoisotopic (exact) mass is 570 g/mol. The predicted octanol–water partition coefficient (Wildman–Crippen LogP) is 2.49. The van der Waals surface area contributed by atoms with Crippen LogP contribution in [0.3, 0.4) is 0 Å². The van der Waals surface area contributed by atoms with Crippen LogP contribution >= 0.6 is 0 Å². The molecule has 2 heterocycles. The van der Waals surface area contributed by atoms with Crippen LogP contribution in [-0.2, 0) is 32.0 Å². The van der Waals surface area contributed by atoms with Gasteiger partial charge < -0.3 is 31.6 Å². The summed E-state index contributed by atoms with van der Waals surface area (Å²) >= 11 is 0. The van der Waals surface area contributed by atoms with Crippen molar-refractivity contribution in [3.8, 4) is 0 Å². The van der Waals surface area contributed by atoms with E-state index in [9.17, 15) is 18.8 Å². The Balaban J connectivity index is 1.74. The minimum absolute atomic E-state index is 0.00756. The van der Waals surface area contributed by atoms with Gasteiger partial charge in [-0.3, -0.25) is 4.79 Å². The van der Waals surface area contributed by atoms with E-state index in [1.54, 1.807) is 52.1 Å². The first-order chi connectivity index (χ1) is 19.4. The molecule has 41 heavy (non-hydrogen) atoms. The molecule has 6 N–H and O–H groups in total.